The molecule has 3 heterocycles. The van der Waals surface area contributed by atoms with Crippen molar-refractivity contribution in [2.75, 3.05) is 80.5 Å². The van der Waals surface area contributed by atoms with Crippen LogP contribution in [0, 0.1) is 0 Å². The number of methoxy groups -OCH3 is 1. The first-order valence-corrected chi connectivity index (χ1v) is 12.4. The minimum Gasteiger partial charge on any atom is -1.00 e. The van der Waals surface area contributed by atoms with Crippen molar-refractivity contribution in [1.29, 1.82) is 0 Å². The molecule has 0 aliphatic carbocycles. The molecule has 29 heavy (non-hydrogen) atoms. The number of thiophene rings is 1. The summed E-state index contributed by atoms with van der Waals surface area (Å²) < 4.78 is 21.3. The second-order valence-electron chi connectivity index (χ2n) is 7.05. The van der Waals surface area contributed by atoms with Crippen LogP contribution in [-0.2, 0) is 14.2 Å². The van der Waals surface area contributed by atoms with Crippen molar-refractivity contribution in [3.05, 3.63) is 10.9 Å². The molecule has 0 unspecified atom stereocenters. The Morgan fingerprint density at radius 3 is 2.14 bits per heavy atom. The van der Waals surface area contributed by atoms with Crippen LogP contribution < -0.4 is 29.3 Å². The molecule has 2 aliphatic heterocycles. The van der Waals surface area contributed by atoms with Crippen molar-refractivity contribution in [3.8, 4) is 0 Å². The Morgan fingerprint density at radius 1 is 1.17 bits per heavy atom. The molecule has 0 spiro atoms. The molecule has 2 fully saturated rings. The maximum atomic E-state index is 12.3. The van der Waals surface area contributed by atoms with Gasteiger partial charge in [-0.3, -0.25) is 0 Å². The van der Waals surface area contributed by atoms with E-state index in [-0.39, 0.29) is 29.9 Å². The molecule has 0 N–H and O–H groups in total. The lowest BCUT2D eigenvalue weighted by Gasteiger charge is -2.43. The van der Waals surface area contributed by atoms with Gasteiger partial charge in [0.1, 0.15) is 4.88 Å². The third-order valence-electron chi connectivity index (χ3n) is 5.02. The summed E-state index contributed by atoms with van der Waals surface area (Å²) in [7, 11) is 3.38. The van der Waals surface area contributed by atoms with Crippen LogP contribution in [0.3, 0.4) is 0 Å². The van der Waals surface area contributed by atoms with Crippen LogP contribution in [0.2, 0.25) is 0 Å². The summed E-state index contributed by atoms with van der Waals surface area (Å²) in [6, 6.07) is 2.00. The number of hydrogen-bond acceptors (Lipinski definition) is 8. The van der Waals surface area contributed by atoms with Gasteiger partial charge in [-0.25, -0.2) is 9.79 Å². The van der Waals surface area contributed by atoms with E-state index in [1.165, 1.54) is 18.4 Å². The van der Waals surface area contributed by atoms with Crippen LogP contribution >= 0.6 is 18.9 Å². The van der Waals surface area contributed by atoms with Gasteiger partial charge in [-0.2, -0.15) is 9.34 Å². The van der Waals surface area contributed by atoms with E-state index in [0.717, 1.165) is 62.9 Å². The molecule has 0 atom stereocenters. The topological polar surface area (TPSA) is 66.8 Å². The van der Waals surface area contributed by atoms with Gasteiger partial charge in [0, 0.05) is 20.2 Å². The van der Waals surface area contributed by atoms with Crippen LogP contribution in [0.1, 0.15) is 9.67 Å². The number of aliphatic imine (C=N–C) groups is 1. The number of carbonyl (C=O) groups is 1. The normalized spacial score (nSPS) is 19.2. The predicted molar refractivity (Wildman–Crippen MR) is 115 cm³/mol. The summed E-state index contributed by atoms with van der Waals surface area (Å²) in [5.74, 6) is -0.312. The fourth-order valence-corrected chi connectivity index (χ4v) is 8.71. The highest BCUT2D eigenvalue weighted by Gasteiger charge is 2.52. The third-order valence-corrected chi connectivity index (χ3v) is 10.4. The summed E-state index contributed by atoms with van der Waals surface area (Å²) in [4.78, 5) is 19.5. The largest absolute Gasteiger partial charge is 1.00 e. The van der Waals surface area contributed by atoms with E-state index in [0.29, 0.717) is 4.88 Å². The van der Waals surface area contributed by atoms with Crippen LogP contribution in [0.4, 0.5) is 5.00 Å². The number of halogens is 1. The third kappa shape index (κ3) is 5.66. The van der Waals surface area contributed by atoms with Crippen LogP contribution in [0.15, 0.2) is 11.1 Å². The van der Waals surface area contributed by atoms with E-state index in [9.17, 15) is 4.79 Å². The lowest BCUT2D eigenvalue weighted by atomic mass is 10.5. The zero-order valence-electron chi connectivity index (χ0n) is 17.5. The lowest BCUT2D eigenvalue weighted by Crippen LogP contribution is -3.00. The lowest BCUT2D eigenvalue weighted by molar-refractivity contribution is -0.0000218. The van der Waals surface area contributed by atoms with Crippen molar-refractivity contribution >= 4 is 41.5 Å². The van der Waals surface area contributed by atoms with E-state index in [2.05, 4.69) is 16.0 Å². The van der Waals surface area contributed by atoms with Crippen molar-refractivity contribution < 1.29 is 43.0 Å². The summed E-state index contributed by atoms with van der Waals surface area (Å²) in [6.45, 7) is 8.75. The maximum absolute atomic E-state index is 12.3. The molecule has 0 aromatic carbocycles. The summed E-state index contributed by atoms with van der Waals surface area (Å²) in [5, 5.41) is 2.02. The number of rotatable bonds is 6. The van der Waals surface area contributed by atoms with Crippen molar-refractivity contribution in [2.24, 2.45) is 4.99 Å². The Hall–Kier alpha value is -0.360. The molecule has 0 amide bonds. The molecule has 0 bridgehead atoms. The predicted octanol–water partition coefficient (Wildman–Crippen LogP) is -1.47. The molecule has 164 valence electrons. The molecule has 2 aliphatic rings. The average Bonchev–Trinajstić information content (AvgIpc) is 3.17. The molecular formula is C18H30IN4O4PS. The van der Waals surface area contributed by atoms with Gasteiger partial charge in [0.05, 0.1) is 72.7 Å². The first kappa shape index (κ1) is 24.9. The van der Waals surface area contributed by atoms with Crippen molar-refractivity contribution in [1.82, 2.24) is 14.2 Å². The molecular weight excluding hydrogens is 526 g/mol. The first-order chi connectivity index (χ1) is 13.5. The minimum atomic E-state index is -1.92. The number of hydrogen-bond donors (Lipinski definition) is 0. The minimum absolute atomic E-state index is 0. The SMILES string of the molecule is COC(=O)c1cc([P+](C)(N2CCOCC2)N2CCOCC2)c(/N=C\N(C)C)s1.[I-]. The summed E-state index contributed by atoms with van der Waals surface area (Å²) in [6.07, 6.45) is 1.79. The van der Waals surface area contributed by atoms with Gasteiger partial charge in [0.2, 0.25) is 0 Å². The van der Waals surface area contributed by atoms with E-state index in [1.807, 2.05) is 25.1 Å². The standard InChI is InChI=1S/C18H30N4O4PS.HI/c1-20(2)14-19-17-15(13-16(28-17)18(23)24-3)27(4,21-5-9-25-10-6-21)22-7-11-26-12-8-22;/h13-14H,5-12H2,1-4H3;1H/q+1;/p-1/b19-14-;. The smallest absolute Gasteiger partial charge is 0.348 e. The number of ether oxygens (including phenoxy) is 3. The van der Waals surface area contributed by atoms with Gasteiger partial charge >= 0.3 is 5.97 Å². The molecule has 0 saturated carbocycles. The second kappa shape index (κ2) is 11.3. The summed E-state index contributed by atoms with van der Waals surface area (Å²) >= 11 is 1.40. The molecule has 1 aromatic rings. The number of esters is 1. The van der Waals surface area contributed by atoms with Gasteiger partial charge in [-0.15, -0.1) is 11.3 Å². The van der Waals surface area contributed by atoms with Crippen LogP contribution in [-0.4, -0.2) is 107 Å². The Morgan fingerprint density at radius 2 is 1.69 bits per heavy atom. The first-order valence-electron chi connectivity index (χ1n) is 9.43. The highest BCUT2D eigenvalue weighted by Crippen LogP contribution is 2.63. The van der Waals surface area contributed by atoms with E-state index in [1.54, 1.807) is 6.34 Å². The Labute approximate surface area is 194 Å². The molecule has 2 saturated heterocycles. The Balaban J connectivity index is 0.00000300. The van der Waals surface area contributed by atoms with Gasteiger partial charge in [0.15, 0.2) is 17.9 Å². The van der Waals surface area contributed by atoms with E-state index in [4.69, 9.17) is 19.2 Å². The zero-order valence-corrected chi connectivity index (χ0v) is 21.3. The number of carbonyl (C=O) groups excluding carboxylic acids is 1. The Kier molecular flexibility index (Phi) is 9.72. The molecule has 0 radical (unpaired) electrons. The molecule has 1 aromatic heterocycles. The van der Waals surface area contributed by atoms with E-state index < -0.39 is 7.56 Å². The number of nitrogens with zero attached hydrogens (tertiary/aromatic N) is 4. The second-order valence-corrected chi connectivity index (χ2v) is 11.5. The zero-order chi connectivity index (χ0) is 20.1. The van der Waals surface area contributed by atoms with Gasteiger partial charge in [-0.1, -0.05) is 0 Å². The molecule has 11 heteroatoms. The fraction of sp³-hybridized carbons (Fsp3) is 0.667. The quantitative estimate of drug-likeness (QED) is 0.139. The van der Waals surface area contributed by atoms with Gasteiger partial charge in [0.25, 0.3) is 0 Å². The highest BCUT2D eigenvalue weighted by atomic mass is 127. The van der Waals surface area contributed by atoms with Gasteiger partial charge in [-0.05, 0) is 0 Å². The molecule has 8 nitrogen and oxygen atoms in total. The number of morpholine rings is 2. The van der Waals surface area contributed by atoms with Crippen molar-refractivity contribution in [3.63, 3.8) is 0 Å². The van der Waals surface area contributed by atoms with E-state index >= 15 is 0 Å². The van der Waals surface area contributed by atoms with Crippen LogP contribution in [0.25, 0.3) is 0 Å². The monoisotopic (exact) mass is 556 g/mol. The average molecular weight is 556 g/mol. The van der Waals surface area contributed by atoms with Crippen molar-refractivity contribution in [2.45, 2.75) is 0 Å². The van der Waals surface area contributed by atoms with Crippen LogP contribution in [0.5, 0.6) is 0 Å². The highest BCUT2D eigenvalue weighted by molar-refractivity contribution is 7.78. The molecule has 3 rings (SSSR count). The maximum Gasteiger partial charge on any atom is 0.348 e. The fourth-order valence-electron chi connectivity index (χ4n) is 3.51. The van der Waals surface area contributed by atoms with Gasteiger partial charge < -0.3 is 43.1 Å². The Bertz CT molecular complexity index is 688. The summed E-state index contributed by atoms with van der Waals surface area (Å²) in [5.41, 5.74) is 0.